The minimum atomic E-state index is -0.375. The largest absolute Gasteiger partial charge is 0.379 e. The highest BCUT2D eigenvalue weighted by molar-refractivity contribution is 6.01. The van der Waals surface area contributed by atoms with E-state index >= 15 is 0 Å². The Bertz CT molecular complexity index is 765. The number of hydrogen-bond donors (Lipinski definition) is 2. The Balaban J connectivity index is 2.32. The molecule has 1 aliphatic heterocycles. The van der Waals surface area contributed by atoms with Gasteiger partial charge in [0, 0.05) is 11.0 Å². The Kier molecular flexibility index (Phi) is 3.47. The minimum Gasteiger partial charge on any atom is -0.379 e. The van der Waals surface area contributed by atoms with E-state index in [1.54, 1.807) is 0 Å². The fourth-order valence-corrected chi connectivity index (χ4v) is 4.04. The highest BCUT2D eigenvalue weighted by atomic mass is 16.1. The summed E-state index contributed by atoms with van der Waals surface area (Å²) in [5, 5.41) is 3.55. The number of rotatable bonds is 2. The van der Waals surface area contributed by atoms with E-state index in [4.69, 9.17) is 5.73 Å². The van der Waals surface area contributed by atoms with Gasteiger partial charge in [-0.25, -0.2) is 0 Å². The lowest BCUT2D eigenvalue weighted by Crippen LogP contribution is -2.46. The van der Waals surface area contributed by atoms with Crippen LogP contribution in [0.5, 0.6) is 0 Å². The Hall–Kier alpha value is -2.29. The molecule has 3 nitrogen and oxygen atoms in total. The van der Waals surface area contributed by atoms with E-state index < -0.39 is 0 Å². The predicted octanol–water partition coefficient (Wildman–Crippen LogP) is 3.99. The number of carbonyl (C=O) groups excluding carboxylic acids is 1. The van der Waals surface area contributed by atoms with Gasteiger partial charge < -0.3 is 11.1 Å². The molecule has 2 aromatic rings. The van der Waals surface area contributed by atoms with Gasteiger partial charge in [-0.2, -0.15) is 0 Å². The second kappa shape index (κ2) is 5.12. The van der Waals surface area contributed by atoms with Crippen LogP contribution in [0.2, 0.25) is 0 Å². The van der Waals surface area contributed by atoms with Crippen molar-refractivity contribution in [1.82, 2.24) is 0 Å². The lowest BCUT2D eigenvalue weighted by Gasteiger charge is -2.46. The SMILES string of the molecule is Cc1ccc2c(c1C(N)=O)NC(C)(C)CC2(C)c1ccccc1. The molecule has 1 atom stereocenters. The van der Waals surface area contributed by atoms with E-state index in [2.05, 4.69) is 56.4 Å². The molecule has 3 rings (SSSR count). The standard InChI is InChI=1S/C20H24N2O/c1-13-10-11-15-17(16(13)18(21)23)22-19(2,3)12-20(15,4)14-8-6-5-7-9-14/h5-11,22H,12H2,1-4H3,(H2,21,23). The molecule has 1 amide bonds. The first-order chi connectivity index (χ1) is 10.7. The van der Waals surface area contributed by atoms with E-state index in [1.807, 2.05) is 19.1 Å². The van der Waals surface area contributed by atoms with Crippen LogP contribution in [0.25, 0.3) is 0 Å². The summed E-state index contributed by atoms with van der Waals surface area (Å²) in [6.45, 7) is 8.53. The van der Waals surface area contributed by atoms with Crippen molar-refractivity contribution in [2.45, 2.75) is 45.1 Å². The third-order valence-electron chi connectivity index (χ3n) is 4.92. The van der Waals surface area contributed by atoms with Gasteiger partial charge in [-0.1, -0.05) is 49.4 Å². The van der Waals surface area contributed by atoms with Gasteiger partial charge in [-0.05, 0) is 43.9 Å². The second-order valence-electron chi connectivity index (χ2n) is 7.43. The fraction of sp³-hybridized carbons (Fsp3) is 0.350. The van der Waals surface area contributed by atoms with E-state index in [9.17, 15) is 4.79 Å². The molecule has 2 aromatic carbocycles. The molecule has 0 saturated heterocycles. The number of anilines is 1. The lowest BCUT2D eigenvalue weighted by atomic mass is 9.65. The maximum absolute atomic E-state index is 12.0. The van der Waals surface area contributed by atoms with Crippen molar-refractivity contribution in [1.29, 1.82) is 0 Å². The third kappa shape index (κ3) is 2.50. The van der Waals surface area contributed by atoms with E-state index in [1.165, 1.54) is 5.56 Å². The maximum Gasteiger partial charge on any atom is 0.251 e. The summed E-state index contributed by atoms with van der Waals surface area (Å²) in [5.41, 5.74) is 10.2. The molecular weight excluding hydrogens is 284 g/mol. The Morgan fingerprint density at radius 3 is 2.35 bits per heavy atom. The molecule has 23 heavy (non-hydrogen) atoms. The smallest absolute Gasteiger partial charge is 0.251 e. The molecule has 0 aliphatic carbocycles. The third-order valence-corrected chi connectivity index (χ3v) is 4.92. The Morgan fingerprint density at radius 1 is 1.09 bits per heavy atom. The van der Waals surface area contributed by atoms with Crippen LogP contribution in [0, 0.1) is 6.92 Å². The van der Waals surface area contributed by atoms with Crippen molar-refractivity contribution in [3.8, 4) is 0 Å². The van der Waals surface area contributed by atoms with Crippen molar-refractivity contribution in [3.05, 3.63) is 64.7 Å². The average molecular weight is 308 g/mol. The molecule has 3 heteroatoms. The summed E-state index contributed by atoms with van der Waals surface area (Å²) in [5.74, 6) is -0.375. The molecule has 0 radical (unpaired) electrons. The molecule has 1 unspecified atom stereocenters. The van der Waals surface area contributed by atoms with Crippen LogP contribution in [0.15, 0.2) is 42.5 Å². The van der Waals surface area contributed by atoms with Gasteiger partial charge in [0.2, 0.25) is 0 Å². The summed E-state index contributed by atoms with van der Waals surface area (Å²) in [7, 11) is 0. The van der Waals surface area contributed by atoms with Gasteiger partial charge in [0.25, 0.3) is 5.91 Å². The molecule has 3 N–H and O–H groups in total. The average Bonchev–Trinajstić information content (AvgIpc) is 2.46. The highest BCUT2D eigenvalue weighted by Crippen LogP contribution is 2.48. The molecule has 0 aromatic heterocycles. The van der Waals surface area contributed by atoms with Crippen LogP contribution in [0.3, 0.4) is 0 Å². The summed E-state index contributed by atoms with van der Waals surface area (Å²) in [4.78, 5) is 12.0. The van der Waals surface area contributed by atoms with Crippen LogP contribution in [-0.2, 0) is 5.41 Å². The highest BCUT2D eigenvalue weighted by Gasteiger charge is 2.42. The minimum absolute atomic E-state index is 0.129. The molecular formula is C20H24N2O. The molecule has 0 bridgehead atoms. The van der Waals surface area contributed by atoms with Crippen molar-refractivity contribution >= 4 is 11.6 Å². The quantitative estimate of drug-likeness (QED) is 0.881. The number of benzene rings is 2. The van der Waals surface area contributed by atoms with Gasteiger partial charge in [0.05, 0.1) is 11.3 Å². The first kappa shape index (κ1) is 15.6. The van der Waals surface area contributed by atoms with Crippen LogP contribution in [0.4, 0.5) is 5.69 Å². The number of primary amides is 1. The summed E-state index contributed by atoms with van der Waals surface area (Å²) in [6.07, 6.45) is 0.943. The van der Waals surface area contributed by atoms with Crippen molar-refractivity contribution < 1.29 is 4.79 Å². The first-order valence-corrected chi connectivity index (χ1v) is 8.02. The van der Waals surface area contributed by atoms with Crippen molar-refractivity contribution in [2.75, 3.05) is 5.32 Å². The number of nitrogens with two attached hydrogens (primary N) is 1. The predicted molar refractivity (Wildman–Crippen MR) is 94.9 cm³/mol. The molecule has 0 fully saturated rings. The van der Waals surface area contributed by atoms with Crippen LogP contribution >= 0.6 is 0 Å². The van der Waals surface area contributed by atoms with E-state index in [-0.39, 0.29) is 16.9 Å². The number of fused-ring (bicyclic) bond motifs is 1. The van der Waals surface area contributed by atoms with E-state index in [0.717, 1.165) is 23.2 Å². The maximum atomic E-state index is 12.0. The van der Waals surface area contributed by atoms with Gasteiger partial charge >= 0.3 is 0 Å². The van der Waals surface area contributed by atoms with Gasteiger partial charge in [-0.15, -0.1) is 0 Å². The fourth-order valence-electron chi connectivity index (χ4n) is 4.04. The lowest BCUT2D eigenvalue weighted by molar-refractivity contribution is 0.1000. The van der Waals surface area contributed by atoms with Crippen LogP contribution < -0.4 is 11.1 Å². The number of hydrogen-bond acceptors (Lipinski definition) is 2. The van der Waals surface area contributed by atoms with Crippen molar-refractivity contribution in [3.63, 3.8) is 0 Å². The van der Waals surface area contributed by atoms with E-state index in [0.29, 0.717) is 5.56 Å². The molecule has 1 aliphatic rings. The van der Waals surface area contributed by atoms with Gasteiger partial charge in [0.15, 0.2) is 0 Å². The number of carbonyl (C=O) groups is 1. The summed E-state index contributed by atoms with van der Waals surface area (Å²) >= 11 is 0. The van der Waals surface area contributed by atoms with Crippen molar-refractivity contribution in [2.24, 2.45) is 5.73 Å². The molecule has 1 heterocycles. The zero-order valence-corrected chi connectivity index (χ0v) is 14.2. The monoisotopic (exact) mass is 308 g/mol. The zero-order valence-electron chi connectivity index (χ0n) is 14.2. The molecule has 120 valence electrons. The van der Waals surface area contributed by atoms with Crippen LogP contribution in [0.1, 0.15) is 54.2 Å². The molecule has 0 saturated carbocycles. The molecule has 0 spiro atoms. The normalized spacial score (nSPS) is 22.1. The number of aryl methyl sites for hydroxylation is 1. The Labute approximate surface area is 137 Å². The van der Waals surface area contributed by atoms with Gasteiger partial charge in [0.1, 0.15) is 0 Å². The Morgan fingerprint density at radius 2 is 1.74 bits per heavy atom. The second-order valence-corrected chi connectivity index (χ2v) is 7.43. The summed E-state index contributed by atoms with van der Waals surface area (Å²) in [6, 6.07) is 14.6. The first-order valence-electron chi connectivity index (χ1n) is 8.02. The number of nitrogens with one attached hydrogen (secondary N) is 1. The van der Waals surface area contributed by atoms with Gasteiger partial charge in [-0.3, -0.25) is 4.79 Å². The topological polar surface area (TPSA) is 55.1 Å². The van der Waals surface area contributed by atoms with Crippen LogP contribution in [-0.4, -0.2) is 11.4 Å². The number of amides is 1. The zero-order chi connectivity index (χ0) is 16.8. The summed E-state index contributed by atoms with van der Waals surface area (Å²) < 4.78 is 0.